The van der Waals surface area contributed by atoms with Crippen molar-refractivity contribution in [2.24, 2.45) is 0 Å². The van der Waals surface area contributed by atoms with E-state index in [1.165, 1.54) is 0 Å². The van der Waals surface area contributed by atoms with Crippen molar-refractivity contribution in [2.75, 3.05) is 27.4 Å². The molecule has 112 valence electrons. The zero-order chi connectivity index (χ0) is 15.2. The van der Waals surface area contributed by atoms with Gasteiger partial charge in [-0.2, -0.15) is 0 Å². The first-order valence-corrected chi connectivity index (χ1v) is 6.86. The molecule has 0 bridgehead atoms. The maximum absolute atomic E-state index is 12.1. The second-order valence-corrected chi connectivity index (χ2v) is 5.77. The summed E-state index contributed by atoms with van der Waals surface area (Å²) in [6.07, 6.45) is 0.810. The summed E-state index contributed by atoms with van der Waals surface area (Å²) in [5.41, 5.74) is 1.62. The molecule has 1 N–H and O–H groups in total. The summed E-state index contributed by atoms with van der Waals surface area (Å²) in [6.45, 7) is 7.57. The lowest BCUT2D eigenvalue weighted by Gasteiger charge is -2.22. The van der Waals surface area contributed by atoms with Crippen LogP contribution in [0.3, 0.4) is 0 Å². The summed E-state index contributed by atoms with van der Waals surface area (Å²) >= 11 is 0. The fourth-order valence-corrected chi connectivity index (χ4v) is 1.96. The Hall–Kier alpha value is -1.55. The minimum absolute atomic E-state index is 0.0609. The molecular formula is C16H25NO3. The number of hydrogen-bond acceptors (Lipinski definition) is 3. The van der Waals surface area contributed by atoms with Gasteiger partial charge in [0.1, 0.15) is 5.75 Å². The van der Waals surface area contributed by atoms with E-state index in [4.69, 9.17) is 9.47 Å². The van der Waals surface area contributed by atoms with Crippen molar-refractivity contribution in [3.8, 4) is 5.75 Å². The second-order valence-electron chi connectivity index (χ2n) is 5.77. The third-order valence-corrected chi connectivity index (χ3v) is 3.08. The number of methoxy groups -OCH3 is 2. The van der Waals surface area contributed by atoms with Gasteiger partial charge < -0.3 is 14.8 Å². The normalized spacial score (nSPS) is 11.2. The van der Waals surface area contributed by atoms with Crippen LogP contribution in [0.4, 0.5) is 0 Å². The zero-order valence-electron chi connectivity index (χ0n) is 13.1. The van der Waals surface area contributed by atoms with Crippen molar-refractivity contribution in [2.45, 2.75) is 32.6 Å². The first kappa shape index (κ1) is 16.5. The molecule has 4 nitrogen and oxygen atoms in total. The molecule has 0 unspecified atom stereocenters. The molecule has 1 amide bonds. The first-order chi connectivity index (χ1) is 9.40. The maximum atomic E-state index is 12.1. The van der Waals surface area contributed by atoms with Crippen LogP contribution in [-0.4, -0.2) is 33.3 Å². The summed E-state index contributed by atoms with van der Waals surface area (Å²) in [5, 5.41) is 2.89. The summed E-state index contributed by atoms with van der Waals surface area (Å²) in [7, 11) is 3.30. The molecule has 0 saturated carbocycles. The molecule has 0 radical (unpaired) electrons. The second kappa shape index (κ2) is 7.29. The van der Waals surface area contributed by atoms with E-state index in [1.807, 2.05) is 12.1 Å². The van der Waals surface area contributed by atoms with Gasteiger partial charge in [0, 0.05) is 31.4 Å². The van der Waals surface area contributed by atoms with Crippen LogP contribution in [0.1, 0.15) is 43.1 Å². The van der Waals surface area contributed by atoms with Crippen molar-refractivity contribution in [1.82, 2.24) is 5.32 Å². The van der Waals surface area contributed by atoms with Crippen molar-refractivity contribution >= 4 is 5.91 Å². The third-order valence-electron chi connectivity index (χ3n) is 3.08. The van der Waals surface area contributed by atoms with Gasteiger partial charge in [0.2, 0.25) is 0 Å². The fourth-order valence-electron chi connectivity index (χ4n) is 1.96. The average molecular weight is 279 g/mol. The topological polar surface area (TPSA) is 47.6 Å². The van der Waals surface area contributed by atoms with E-state index in [0.717, 1.165) is 17.7 Å². The summed E-state index contributed by atoms with van der Waals surface area (Å²) in [4.78, 5) is 12.1. The first-order valence-electron chi connectivity index (χ1n) is 6.86. The molecule has 0 saturated heterocycles. The lowest BCUT2D eigenvalue weighted by molar-refractivity contribution is 0.0948. The van der Waals surface area contributed by atoms with E-state index >= 15 is 0 Å². The SMILES string of the molecule is COCCCNC(=O)c1ccc(OC)c(C(C)(C)C)c1. The van der Waals surface area contributed by atoms with E-state index in [9.17, 15) is 4.79 Å². The predicted octanol–water partition coefficient (Wildman–Crippen LogP) is 2.76. The van der Waals surface area contributed by atoms with Gasteiger partial charge in [-0.1, -0.05) is 20.8 Å². The Balaban J connectivity index is 2.83. The van der Waals surface area contributed by atoms with Crippen LogP contribution in [0, 0.1) is 0 Å². The number of rotatable bonds is 6. The van der Waals surface area contributed by atoms with E-state index in [-0.39, 0.29) is 11.3 Å². The number of nitrogens with one attached hydrogen (secondary N) is 1. The molecule has 0 spiro atoms. The average Bonchev–Trinajstić information content (AvgIpc) is 2.41. The Morgan fingerprint density at radius 3 is 2.50 bits per heavy atom. The summed E-state index contributed by atoms with van der Waals surface area (Å²) in [6, 6.07) is 5.55. The highest BCUT2D eigenvalue weighted by atomic mass is 16.5. The van der Waals surface area contributed by atoms with Gasteiger partial charge in [0.25, 0.3) is 5.91 Å². The summed E-state index contributed by atoms with van der Waals surface area (Å²) in [5.74, 6) is 0.752. The van der Waals surface area contributed by atoms with Crippen molar-refractivity contribution < 1.29 is 14.3 Å². The van der Waals surface area contributed by atoms with Crippen LogP contribution < -0.4 is 10.1 Å². The van der Waals surface area contributed by atoms with Crippen molar-refractivity contribution in [3.05, 3.63) is 29.3 Å². The number of amides is 1. The van der Waals surface area contributed by atoms with E-state index in [0.29, 0.717) is 18.7 Å². The minimum atomic E-state index is -0.0717. The summed E-state index contributed by atoms with van der Waals surface area (Å²) < 4.78 is 10.3. The molecule has 0 aromatic heterocycles. The molecule has 0 fully saturated rings. The van der Waals surface area contributed by atoms with Crippen LogP contribution in [0.25, 0.3) is 0 Å². The maximum Gasteiger partial charge on any atom is 0.251 e. The predicted molar refractivity (Wildman–Crippen MR) is 80.5 cm³/mol. The molecule has 1 rings (SSSR count). The Morgan fingerprint density at radius 1 is 1.25 bits per heavy atom. The zero-order valence-corrected chi connectivity index (χ0v) is 13.1. The van der Waals surface area contributed by atoms with Crippen LogP contribution in [0.15, 0.2) is 18.2 Å². The molecule has 1 aromatic carbocycles. The van der Waals surface area contributed by atoms with Gasteiger partial charge in [0.05, 0.1) is 7.11 Å². The Bertz CT molecular complexity index is 450. The largest absolute Gasteiger partial charge is 0.496 e. The molecule has 4 heteroatoms. The van der Waals surface area contributed by atoms with Gasteiger partial charge >= 0.3 is 0 Å². The van der Waals surface area contributed by atoms with Crippen LogP contribution in [-0.2, 0) is 10.2 Å². The number of carbonyl (C=O) groups excluding carboxylic acids is 1. The molecule has 0 heterocycles. The van der Waals surface area contributed by atoms with Crippen molar-refractivity contribution in [1.29, 1.82) is 0 Å². The number of ether oxygens (including phenoxy) is 2. The van der Waals surface area contributed by atoms with E-state index in [1.54, 1.807) is 20.3 Å². The lowest BCUT2D eigenvalue weighted by Crippen LogP contribution is -2.26. The minimum Gasteiger partial charge on any atom is -0.496 e. The van der Waals surface area contributed by atoms with E-state index in [2.05, 4.69) is 26.1 Å². The van der Waals surface area contributed by atoms with E-state index < -0.39 is 0 Å². The molecule has 0 atom stereocenters. The standard InChI is InChI=1S/C16H25NO3/c1-16(2,3)13-11-12(7-8-14(13)20-5)15(18)17-9-6-10-19-4/h7-8,11H,6,9-10H2,1-5H3,(H,17,18). The van der Waals surface area contributed by atoms with Gasteiger partial charge in [-0.3, -0.25) is 4.79 Å². The van der Waals surface area contributed by atoms with Gasteiger partial charge in [-0.05, 0) is 30.0 Å². The quantitative estimate of drug-likeness (QED) is 0.815. The van der Waals surface area contributed by atoms with Gasteiger partial charge in [-0.15, -0.1) is 0 Å². The lowest BCUT2D eigenvalue weighted by atomic mass is 9.85. The highest BCUT2D eigenvalue weighted by Gasteiger charge is 2.20. The van der Waals surface area contributed by atoms with Gasteiger partial charge in [0.15, 0.2) is 0 Å². The molecule has 0 aliphatic heterocycles. The molecule has 0 aliphatic carbocycles. The monoisotopic (exact) mass is 279 g/mol. The molecular weight excluding hydrogens is 254 g/mol. The van der Waals surface area contributed by atoms with Gasteiger partial charge in [-0.25, -0.2) is 0 Å². The smallest absolute Gasteiger partial charge is 0.251 e. The fraction of sp³-hybridized carbons (Fsp3) is 0.562. The number of hydrogen-bond donors (Lipinski definition) is 1. The van der Waals surface area contributed by atoms with Crippen LogP contribution in [0.2, 0.25) is 0 Å². The number of benzene rings is 1. The van der Waals surface area contributed by atoms with Crippen LogP contribution in [0.5, 0.6) is 5.75 Å². The highest BCUT2D eigenvalue weighted by molar-refractivity contribution is 5.94. The molecule has 1 aromatic rings. The highest BCUT2D eigenvalue weighted by Crippen LogP contribution is 2.31. The Labute approximate surface area is 121 Å². The Morgan fingerprint density at radius 2 is 1.95 bits per heavy atom. The Kier molecular flexibility index (Phi) is 6.02. The van der Waals surface area contributed by atoms with Crippen LogP contribution >= 0.6 is 0 Å². The third kappa shape index (κ3) is 4.53. The molecule has 0 aliphatic rings. The molecule has 20 heavy (non-hydrogen) atoms. The number of carbonyl (C=O) groups is 1. The van der Waals surface area contributed by atoms with Crippen molar-refractivity contribution in [3.63, 3.8) is 0 Å².